The van der Waals surface area contributed by atoms with Crippen LogP contribution in [0.3, 0.4) is 0 Å². The Hall–Kier alpha value is -2.60. The predicted molar refractivity (Wildman–Crippen MR) is 84.7 cm³/mol. The second-order valence-corrected chi connectivity index (χ2v) is 5.04. The van der Waals surface area contributed by atoms with E-state index in [-0.39, 0.29) is 5.69 Å². The number of nitrogens with two attached hydrogens (primary N) is 1. The fourth-order valence-corrected chi connectivity index (χ4v) is 2.14. The lowest BCUT2D eigenvalue weighted by atomic mass is 10.0. The first-order chi connectivity index (χ1) is 10.0. The topological polar surface area (TPSA) is 93.2 Å². The van der Waals surface area contributed by atoms with Crippen molar-refractivity contribution in [1.82, 2.24) is 0 Å². The van der Waals surface area contributed by atoms with Crippen LogP contribution in [0.4, 0.5) is 22.7 Å². The molecule has 0 saturated carbocycles. The molecule has 0 unspecified atom stereocenters. The Morgan fingerprint density at radius 3 is 2.43 bits per heavy atom. The van der Waals surface area contributed by atoms with Crippen molar-refractivity contribution < 1.29 is 4.92 Å². The molecule has 2 aromatic rings. The van der Waals surface area contributed by atoms with E-state index in [9.17, 15) is 10.1 Å². The minimum absolute atomic E-state index is 0.0185. The maximum absolute atomic E-state index is 11.0. The number of benzene rings is 2. The number of hydrazine groups is 1. The molecule has 6 nitrogen and oxygen atoms in total. The molecule has 0 aliphatic rings. The van der Waals surface area contributed by atoms with E-state index in [1.807, 2.05) is 24.3 Å². The van der Waals surface area contributed by atoms with Crippen molar-refractivity contribution in [3.8, 4) is 0 Å². The summed E-state index contributed by atoms with van der Waals surface area (Å²) in [5.41, 5.74) is 5.59. The third-order valence-electron chi connectivity index (χ3n) is 3.16. The van der Waals surface area contributed by atoms with Crippen LogP contribution < -0.4 is 16.6 Å². The number of hydrogen-bond donors (Lipinski definition) is 3. The molecule has 0 heterocycles. The third kappa shape index (κ3) is 3.49. The first-order valence-corrected chi connectivity index (χ1v) is 6.63. The Balaban J connectivity index is 2.40. The van der Waals surface area contributed by atoms with Crippen molar-refractivity contribution >= 4 is 22.7 Å². The Bertz CT molecular complexity index is 656. The number of non-ortho nitro benzene ring substituents is 1. The fraction of sp³-hybridized carbons (Fsp3) is 0.200. The molecule has 4 N–H and O–H groups in total. The van der Waals surface area contributed by atoms with Crippen molar-refractivity contribution in [2.45, 2.75) is 19.8 Å². The van der Waals surface area contributed by atoms with Crippen molar-refractivity contribution in [3.63, 3.8) is 0 Å². The summed E-state index contributed by atoms with van der Waals surface area (Å²) in [6.07, 6.45) is 0. The maximum Gasteiger partial charge on any atom is 0.273 e. The molecular weight excluding hydrogens is 268 g/mol. The van der Waals surface area contributed by atoms with E-state index < -0.39 is 4.92 Å². The van der Waals surface area contributed by atoms with Crippen LogP contribution >= 0.6 is 0 Å². The van der Waals surface area contributed by atoms with Crippen molar-refractivity contribution in [2.24, 2.45) is 5.84 Å². The molecule has 0 aromatic heterocycles. The van der Waals surface area contributed by atoms with Gasteiger partial charge in [0.2, 0.25) is 0 Å². The summed E-state index contributed by atoms with van der Waals surface area (Å²) in [5, 5.41) is 14.2. The molecule has 0 radical (unpaired) electrons. The number of rotatable bonds is 5. The molecule has 0 atom stereocenters. The Kier molecular flexibility index (Phi) is 4.39. The first-order valence-electron chi connectivity index (χ1n) is 6.63. The highest BCUT2D eigenvalue weighted by Gasteiger charge is 2.11. The van der Waals surface area contributed by atoms with E-state index in [4.69, 9.17) is 5.84 Å². The highest BCUT2D eigenvalue weighted by atomic mass is 16.6. The molecule has 0 aliphatic heterocycles. The lowest BCUT2D eigenvalue weighted by Crippen LogP contribution is -2.07. The quantitative estimate of drug-likeness (QED) is 0.442. The number of nitrogens with zero attached hydrogens (tertiary/aromatic N) is 1. The zero-order chi connectivity index (χ0) is 15.4. The van der Waals surface area contributed by atoms with Crippen LogP contribution in [0.25, 0.3) is 0 Å². The third-order valence-corrected chi connectivity index (χ3v) is 3.16. The van der Waals surface area contributed by atoms with Gasteiger partial charge in [0.05, 0.1) is 10.6 Å². The monoisotopic (exact) mass is 286 g/mol. The normalized spacial score (nSPS) is 10.5. The molecule has 0 aliphatic carbocycles. The van der Waals surface area contributed by atoms with Crippen LogP contribution in [0, 0.1) is 10.1 Å². The smallest absolute Gasteiger partial charge is 0.273 e. The van der Waals surface area contributed by atoms with Gasteiger partial charge in [0.15, 0.2) is 0 Å². The van der Waals surface area contributed by atoms with Gasteiger partial charge in [-0.2, -0.15) is 0 Å². The summed E-state index contributed by atoms with van der Waals surface area (Å²) < 4.78 is 0. The fourth-order valence-electron chi connectivity index (χ4n) is 2.14. The van der Waals surface area contributed by atoms with E-state index in [0.717, 1.165) is 11.3 Å². The second kappa shape index (κ2) is 6.23. The number of nitro benzene ring substituents is 1. The molecular formula is C15H18N4O2. The van der Waals surface area contributed by atoms with Crippen LogP contribution in [-0.2, 0) is 0 Å². The predicted octanol–water partition coefficient (Wildman–Crippen LogP) is 3.75. The summed E-state index contributed by atoms with van der Waals surface area (Å²) >= 11 is 0. The van der Waals surface area contributed by atoms with Crippen LogP contribution in [0.5, 0.6) is 0 Å². The Morgan fingerprint density at radius 2 is 1.81 bits per heavy atom. The average Bonchev–Trinajstić information content (AvgIpc) is 2.47. The molecule has 0 fully saturated rings. The number of anilines is 3. The molecule has 110 valence electrons. The molecule has 0 spiro atoms. The molecule has 0 amide bonds. The molecule has 6 heteroatoms. The lowest BCUT2D eigenvalue weighted by molar-refractivity contribution is -0.384. The van der Waals surface area contributed by atoms with Gasteiger partial charge in [-0.15, -0.1) is 0 Å². The van der Waals surface area contributed by atoms with Gasteiger partial charge < -0.3 is 10.7 Å². The number of nitrogens with one attached hydrogen (secondary N) is 2. The summed E-state index contributed by atoms with van der Waals surface area (Å²) in [6, 6.07) is 12.5. The van der Waals surface area contributed by atoms with Crippen LogP contribution in [0.15, 0.2) is 42.5 Å². The van der Waals surface area contributed by atoms with Gasteiger partial charge in [0, 0.05) is 23.5 Å². The largest absolute Gasteiger partial charge is 0.355 e. The van der Waals surface area contributed by atoms with Crippen molar-refractivity contribution in [1.29, 1.82) is 0 Å². The summed E-state index contributed by atoms with van der Waals surface area (Å²) in [6.45, 7) is 4.20. The SMILES string of the molecule is CC(C)c1ccccc1Nc1cc(NN)cc([N+](=O)[O-])c1. The van der Waals surface area contributed by atoms with Gasteiger partial charge in [-0.3, -0.25) is 16.0 Å². The van der Waals surface area contributed by atoms with E-state index in [2.05, 4.69) is 24.6 Å². The van der Waals surface area contributed by atoms with Crippen LogP contribution in [0.1, 0.15) is 25.3 Å². The Morgan fingerprint density at radius 1 is 1.14 bits per heavy atom. The van der Waals surface area contributed by atoms with Gasteiger partial charge in [0.25, 0.3) is 5.69 Å². The molecule has 2 rings (SSSR count). The Labute approximate surface area is 123 Å². The van der Waals surface area contributed by atoms with E-state index >= 15 is 0 Å². The zero-order valence-corrected chi connectivity index (χ0v) is 12.0. The highest BCUT2D eigenvalue weighted by molar-refractivity contribution is 5.70. The maximum atomic E-state index is 11.0. The van der Waals surface area contributed by atoms with E-state index in [1.165, 1.54) is 12.1 Å². The summed E-state index contributed by atoms with van der Waals surface area (Å²) in [5.74, 6) is 5.71. The number of para-hydroxylation sites is 1. The van der Waals surface area contributed by atoms with Crippen LogP contribution in [0.2, 0.25) is 0 Å². The lowest BCUT2D eigenvalue weighted by Gasteiger charge is -2.15. The second-order valence-electron chi connectivity index (χ2n) is 5.04. The van der Waals surface area contributed by atoms with Gasteiger partial charge >= 0.3 is 0 Å². The summed E-state index contributed by atoms with van der Waals surface area (Å²) in [4.78, 5) is 10.5. The molecule has 0 bridgehead atoms. The van der Waals surface area contributed by atoms with Gasteiger partial charge in [0.1, 0.15) is 0 Å². The van der Waals surface area contributed by atoms with Gasteiger partial charge in [-0.05, 0) is 23.6 Å². The van der Waals surface area contributed by atoms with Crippen LogP contribution in [-0.4, -0.2) is 4.92 Å². The standard InChI is InChI=1S/C15H18N4O2/c1-10(2)14-5-3-4-6-15(14)17-11-7-12(18-16)9-13(8-11)19(20)21/h3-10,17-18H,16H2,1-2H3. The minimum atomic E-state index is -0.444. The van der Waals surface area contributed by atoms with Gasteiger partial charge in [-0.25, -0.2) is 0 Å². The van der Waals surface area contributed by atoms with Crippen molar-refractivity contribution in [2.75, 3.05) is 10.7 Å². The first kappa shape index (κ1) is 14.8. The minimum Gasteiger partial charge on any atom is -0.355 e. The number of hydrogen-bond acceptors (Lipinski definition) is 5. The van der Waals surface area contributed by atoms with E-state index in [0.29, 0.717) is 17.3 Å². The summed E-state index contributed by atoms with van der Waals surface area (Å²) in [7, 11) is 0. The number of nitrogen functional groups attached to an aromatic ring is 1. The van der Waals surface area contributed by atoms with E-state index in [1.54, 1.807) is 6.07 Å². The molecule has 21 heavy (non-hydrogen) atoms. The zero-order valence-electron chi connectivity index (χ0n) is 12.0. The highest BCUT2D eigenvalue weighted by Crippen LogP contribution is 2.30. The van der Waals surface area contributed by atoms with Crippen molar-refractivity contribution in [3.05, 3.63) is 58.1 Å². The molecule has 0 saturated heterocycles. The molecule has 2 aromatic carbocycles. The average molecular weight is 286 g/mol. The van der Waals surface area contributed by atoms with Gasteiger partial charge in [-0.1, -0.05) is 32.0 Å². The number of nitro groups is 1.